The van der Waals surface area contributed by atoms with Crippen LogP contribution in [0.25, 0.3) is 12.2 Å². The van der Waals surface area contributed by atoms with E-state index >= 15 is 0 Å². The largest absolute Gasteiger partial charge is 0.480 e. The number of thioether (sulfide) groups is 1. The lowest BCUT2D eigenvalue weighted by Gasteiger charge is -2.21. The van der Waals surface area contributed by atoms with Crippen LogP contribution in [0.2, 0.25) is 0 Å². The Bertz CT molecular complexity index is 677. The second kappa shape index (κ2) is 6.38. The normalized spacial score (nSPS) is 14.8. The second-order valence-corrected chi connectivity index (χ2v) is 6.39. The molecule has 1 aliphatic rings. The maximum Gasteiger partial charge on any atom is 0.321 e. The van der Waals surface area contributed by atoms with Crippen LogP contribution in [-0.4, -0.2) is 22.9 Å². The Labute approximate surface area is 133 Å². The van der Waals surface area contributed by atoms with E-state index in [1.54, 1.807) is 11.8 Å². The van der Waals surface area contributed by atoms with Crippen molar-refractivity contribution in [3.63, 3.8) is 0 Å². The zero-order chi connectivity index (χ0) is 15.5. The molecule has 0 fully saturated rings. The monoisotopic (exact) mass is 311 g/mol. The smallest absolute Gasteiger partial charge is 0.321 e. The Balaban J connectivity index is 2.00. The predicted molar refractivity (Wildman–Crippen MR) is 91.7 cm³/mol. The zero-order valence-electron chi connectivity index (χ0n) is 12.0. The van der Waals surface area contributed by atoms with Crippen LogP contribution in [0.5, 0.6) is 0 Å². The van der Waals surface area contributed by atoms with Gasteiger partial charge in [0.2, 0.25) is 0 Å². The standard InChI is InChI=1S/C18H17NO2S/c19-16(18(20)21)11-22-17-14-7-3-1-5-12(14)9-10-13-6-2-4-8-15(13)17/h1-10,16-17H,11,19H2,(H,20,21). The fourth-order valence-electron chi connectivity index (χ4n) is 2.60. The zero-order valence-corrected chi connectivity index (χ0v) is 12.8. The van der Waals surface area contributed by atoms with Gasteiger partial charge in [-0.3, -0.25) is 4.79 Å². The molecule has 0 heterocycles. The van der Waals surface area contributed by atoms with E-state index in [4.69, 9.17) is 10.8 Å². The minimum absolute atomic E-state index is 0.0906. The summed E-state index contributed by atoms with van der Waals surface area (Å²) in [6.07, 6.45) is 4.23. The lowest BCUT2D eigenvalue weighted by Crippen LogP contribution is -2.32. The van der Waals surface area contributed by atoms with E-state index in [0.717, 1.165) is 0 Å². The molecule has 0 radical (unpaired) electrons. The van der Waals surface area contributed by atoms with Crippen molar-refractivity contribution in [1.82, 2.24) is 0 Å². The number of rotatable bonds is 4. The number of carboxylic acid groups (broad SMARTS) is 1. The molecule has 3 nitrogen and oxygen atoms in total. The van der Waals surface area contributed by atoms with E-state index in [9.17, 15) is 4.79 Å². The number of carbonyl (C=O) groups is 1. The Morgan fingerprint density at radius 3 is 2.05 bits per heavy atom. The van der Waals surface area contributed by atoms with Crippen LogP contribution >= 0.6 is 11.8 Å². The maximum atomic E-state index is 11.0. The molecule has 0 amide bonds. The van der Waals surface area contributed by atoms with Crippen molar-refractivity contribution in [2.24, 2.45) is 5.73 Å². The summed E-state index contributed by atoms with van der Waals surface area (Å²) in [6, 6.07) is 15.6. The van der Waals surface area contributed by atoms with E-state index < -0.39 is 12.0 Å². The predicted octanol–water partition coefficient (Wildman–Crippen LogP) is 3.40. The Morgan fingerprint density at radius 2 is 1.55 bits per heavy atom. The van der Waals surface area contributed by atoms with Crippen LogP contribution in [0.4, 0.5) is 0 Å². The molecule has 0 bridgehead atoms. The highest BCUT2D eigenvalue weighted by Crippen LogP contribution is 2.41. The number of hydrogen-bond acceptors (Lipinski definition) is 3. The van der Waals surface area contributed by atoms with E-state index in [-0.39, 0.29) is 5.25 Å². The van der Waals surface area contributed by atoms with Crippen molar-refractivity contribution in [2.75, 3.05) is 5.75 Å². The molecule has 3 rings (SSSR count). The van der Waals surface area contributed by atoms with Gasteiger partial charge in [-0.05, 0) is 22.3 Å². The van der Waals surface area contributed by atoms with Crippen molar-refractivity contribution in [3.05, 3.63) is 70.8 Å². The molecule has 3 N–H and O–H groups in total. The lowest BCUT2D eigenvalue weighted by atomic mass is 9.99. The van der Waals surface area contributed by atoms with Gasteiger partial charge in [0.25, 0.3) is 0 Å². The van der Waals surface area contributed by atoms with Gasteiger partial charge in [0.15, 0.2) is 0 Å². The van der Waals surface area contributed by atoms with Crippen LogP contribution in [0.1, 0.15) is 27.5 Å². The van der Waals surface area contributed by atoms with E-state index in [1.807, 2.05) is 24.3 Å². The van der Waals surface area contributed by atoms with Gasteiger partial charge in [0.05, 0.1) is 5.25 Å². The van der Waals surface area contributed by atoms with Crippen LogP contribution in [0.15, 0.2) is 48.5 Å². The minimum Gasteiger partial charge on any atom is -0.480 e. The summed E-state index contributed by atoms with van der Waals surface area (Å²) < 4.78 is 0. The van der Waals surface area contributed by atoms with Gasteiger partial charge in [-0.2, -0.15) is 0 Å². The Hall–Kier alpha value is -2.04. The molecule has 2 aromatic rings. The van der Waals surface area contributed by atoms with Crippen molar-refractivity contribution in [3.8, 4) is 0 Å². The molecule has 112 valence electrons. The van der Waals surface area contributed by atoms with Gasteiger partial charge < -0.3 is 10.8 Å². The third-order valence-electron chi connectivity index (χ3n) is 3.76. The van der Waals surface area contributed by atoms with E-state index in [1.165, 1.54) is 22.3 Å². The quantitative estimate of drug-likeness (QED) is 0.908. The lowest BCUT2D eigenvalue weighted by molar-refractivity contribution is -0.137. The summed E-state index contributed by atoms with van der Waals surface area (Å²) in [5.41, 5.74) is 10.4. The molecule has 0 spiro atoms. The van der Waals surface area contributed by atoms with Crippen molar-refractivity contribution in [1.29, 1.82) is 0 Å². The highest BCUT2D eigenvalue weighted by atomic mass is 32.2. The molecule has 1 aliphatic carbocycles. The topological polar surface area (TPSA) is 63.3 Å². The summed E-state index contributed by atoms with van der Waals surface area (Å²) in [5.74, 6) is -0.580. The van der Waals surface area contributed by atoms with E-state index in [2.05, 4.69) is 36.4 Å². The highest BCUT2D eigenvalue weighted by Gasteiger charge is 2.23. The first-order valence-electron chi connectivity index (χ1n) is 7.13. The first kappa shape index (κ1) is 14.9. The van der Waals surface area contributed by atoms with Crippen LogP contribution in [-0.2, 0) is 4.79 Å². The van der Waals surface area contributed by atoms with Crippen LogP contribution in [0.3, 0.4) is 0 Å². The van der Waals surface area contributed by atoms with Gasteiger partial charge in [-0.1, -0.05) is 60.7 Å². The Kier molecular flexibility index (Phi) is 4.32. The number of nitrogens with two attached hydrogens (primary N) is 1. The Morgan fingerprint density at radius 1 is 1.05 bits per heavy atom. The average molecular weight is 311 g/mol. The van der Waals surface area contributed by atoms with Gasteiger partial charge in [-0.15, -0.1) is 11.8 Å². The van der Waals surface area contributed by atoms with Crippen LogP contribution < -0.4 is 5.73 Å². The molecule has 0 aromatic heterocycles. The van der Waals surface area contributed by atoms with Crippen molar-refractivity contribution < 1.29 is 9.90 Å². The fraction of sp³-hybridized carbons (Fsp3) is 0.167. The van der Waals surface area contributed by atoms with Gasteiger partial charge in [0, 0.05) is 5.75 Å². The molecule has 4 heteroatoms. The molecule has 0 aliphatic heterocycles. The van der Waals surface area contributed by atoms with Crippen molar-refractivity contribution >= 4 is 29.9 Å². The SMILES string of the molecule is NC(CSC1c2ccccc2C=Cc2ccccc21)C(=O)O. The molecule has 0 saturated heterocycles. The summed E-state index contributed by atoms with van der Waals surface area (Å²) in [7, 11) is 0. The third-order valence-corrected chi connectivity index (χ3v) is 5.15. The number of benzene rings is 2. The van der Waals surface area contributed by atoms with Gasteiger partial charge >= 0.3 is 5.97 Å². The third kappa shape index (κ3) is 2.93. The minimum atomic E-state index is -0.958. The number of aliphatic carboxylic acids is 1. The number of hydrogen-bond donors (Lipinski definition) is 2. The first-order valence-corrected chi connectivity index (χ1v) is 8.17. The molecular weight excluding hydrogens is 294 g/mol. The van der Waals surface area contributed by atoms with Gasteiger partial charge in [0.1, 0.15) is 6.04 Å². The molecule has 2 aromatic carbocycles. The summed E-state index contributed by atoms with van der Waals surface area (Å²) in [5, 5.41) is 9.10. The molecule has 0 saturated carbocycles. The molecule has 22 heavy (non-hydrogen) atoms. The molecule has 1 atom stereocenters. The first-order chi connectivity index (χ1) is 10.7. The summed E-state index contributed by atoms with van der Waals surface area (Å²) in [4.78, 5) is 11.0. The molecular formula is C18H17NO2S. The average Bonchev–Trinajstić information content (AvgIpc) is 2.69. The maximum absolute atomic E-state index is 11.0. The number of carboxylic acids is 1. The highest BCUT2D eigenvalue weighted by molar-refractivity contribution is 7.99. The molecule has 1 unspecified atom stereocenters. The number of fused-ring (bicyclic) bond motifs is 2. The van der Waals surface area contributed by atoms with Crippen LogP contribution in [0, 0.1) is 0 Å². The van der Waals surface area contributed by atoms with Crippen molar-refractivity contribution in [2.45, 2.75) is 11.3 Å². The second-order valence-electron chi connectivity index (χ2n) is 5.25. The van der Waals surface area contributed by atoms with E-state index in [0.29, 0.717) is 5.75 Å². The fourth-order valence-corrected chi connectivity index (χ4v) is 3.93. The summed E-state index contributed by atoms with van der Waals surface area (Å²) >= 11 is 1.59. The summed E-state index contributed by atoms with van der Waals surface area (Å²) in [6.45, 7) is 0. The van der Waals surface area contributed by atoms with Gasteiger partial charge in [-0.25, -0.2) is 0 Å².